The van der Waals surface area contributed by atoms with Crippen LogP contribution in [0.25, 0.3) is 0 Å². The van der Waals surface area contributed by atoms with E-state index in [1.807, 2.05) is 6.92 Å². The first-order chi connectivity index (χ1) is 7.03. The van der Waals surface area contributed by atoms with Crippen molar-refractivity contribution in [1.29, 1.82) is 0 Å². The third kappa shape index (κ3) is 4.89. The van der Waals surface area contributed by atoms with Gasteiger partial charge in [-0.25, -0.2) is 4.18 Å². The standard InChI is InChI=1S/C8H17NO5S/c1-2-8(7-14-15(10,11)12)9-3-5-13-6-4-9/h8H,2-7H2,1H3,(H,10,11,12). The number of ether oxygens (including phenoxy) is 1. The Hall–Kier alpha value is -0.210. The van der Waals surface area contributed by atoms with Gasteiger partial charge >= 0.3 is 10.4 Å². The minimum absolute atomic E-state index is 0.00463. The van der Waals surface area contributed by atoms with Gasteiger partial charge in [0.25, 0.3) is 0 Å². The monoisotopic (exact) mass is 239 g/mol. The van der Waals surface area contributed by atoms with Crippen molar-refractivity contribution >= 4 is 10.4 Å². The van der Waals surface area contributed by atoms with Crippen LogP contribution >= 0.6 is 0 Å². The molecule has 1 aliphatic heterocycles. The molecule has 1 rings (SSSR count). The van der Waals surface area contributed by atoms with E-state index in [0.717, 1.165) is 19.5 Å². The summed E-state index contributed by atoms with van der Waals surface area (Å²) in [6, 6.07) is 0.0100. The molecule has 0 aliphatic carbocycles. The average molecular weight is 239 g/mol. The zero-order valence-corrected chi connectivity index (χ0v) is 9.57. The third-order valence-corrected chi connectivity index (χ3v) is 2.88. The topological polar surface area (TPSA) is 76.1 Å². The van der Waals surface area contributed by atoms with Gasteiger partial charge in [-0.2, -0.15) is 8.42 Å². The van der Waals surface area contributed by atoms with Gasteiger partial charge in [-0.3, -0.25) is 9.45 Å². The fourth-order valence-electron chi connectivity index (χ4n) is 1.59. The minimum Gasteiger partial charge on any atom is -0.379 e. The zero-order valence-electron chi connectivity index (χ0n) is 8.76. The summed E-state index contributed by atoms with van der Waals surface area (Å²) in [7, 11) is -4.33. The van der Waals surface area contributed by atoms with E-state index < -0.39 is 10.4 Å². The van der Waals surface area contributed by atoms with E-state index >= 15 is 0 Å². The van der Waals surface area contributed by atoms with Crippen LogP contribution in [-0.2, 0) is 19.3 Å². The van der Waals surface area contributed by atoms with Crippen LogP contribution in [-0.4, -0.2) is 56.8 Å². The Labute approximate surface area is 90.1 Å². The van der Waals surface area contributed by atoms with E-state index in [2.05, 4.69) is 9.08 Å². The molecule has 0 spiro atoms. The highest BCUT2D eigenvalue weighted by molar-refractivity contribution is 7.80. The highest BCUT2D eigenvalue weighted by atomic mass is 32.3. The predicted molar refractivity (Wildman–Crippen MR) is 54.0 cm³/mol. The van der Waals surface area contributed by atoms with Crippen molar-refractivity contribution in [3.05, 3.63) is 0 Å². The fourth-order valence-corrected chi connectivity index (χ4v) is 1.92. The van der Waals surface area contributed by atoms with Crippen LogP contribution in [0.15, 0.2) is 0 Å². The van der Waals surface area contributed by atoms with Crippen molar-refractivity contribution in [2.75, 3.05) is 32.9 Å². The number of hydrogen-bond donors (Lipinski definition) is 1. The molecule has 0 bridgehead atoms. The molecule has 0 aromatic heterocycles. The van der Waals surface area contributed by atoms with Crippen LogP contribution in [0.4, 0.5) is 0 Å². The molecule has 1 unspecified atom stereocenters. The second-order valence-electron chi connectivity index (χ2n) is 3.42. The summed E-state index contributed by atoms with van der Waals surface area (Å²) in [5.41, 5.74) is 0. The molecule has 1 saturated heterocycles. The lowest BCUT2D eigenvalue weighted by Crippen LogP contribution is -2.45. The molecule has 0 aromatic carbocycles. The molecule has 1 N–H and O–H groups in total. The molecule has 1 aliphatic rings. The van der Waals surface area contributed by atoms with Crippen molar-refractivity contribution < 1.29 is 21.9 Å². The normalized spacial score (nSPS) is 21.5. The first-order valence-electron chi connectivity index (χ1n) is 4.96. The molecule has 0 aromatic rings. The molecule has 1 heterocycles. The van der Waals surface area contributed by atoms with Crippen molar-refractivity contribution in [3.8, 4) is 0 Å². The van der Waals surface area contributed by atoms with E-state index in [1.54, 1.807) is 0 Å². The highest BCUT2D eigenvalue weighted by Crippen LogP contribution is 2.08. The van der Waals surface area contributed by atoms with Crippen molar-refractivity contribution in [3.63, 3.8) is 0 Å². The second kappa shape index (κ2) is 5.76. The summed E-state index contributed by atoms with van der Waals surface area (Å²) >= 11 is 0. The summed E-state index contributed by atoms with van der Waals surface area (Å²) in [4.78, 5) is 2.11. The van der Waals surface area contributed by atoms with Crippen LogP contribution in [0.2, 0.25) is 0 Å². The smallest absolute Gasteiger partial charge is 0.379 e. The Morgan fingerprint density at radius 2 is 2.07 bits per heavy atom. The van der Waals surface area contributed by atoms with E-state index in [1.165, 1.54) is 0 Å². The maximum Gasteiger partial charge on any atom is 0.397 e. The maximum atomic E-state index is 10.4. The summed E-state index contributed by atoms with van der Waals surface area (Å²) in [5.74, 6) is 0. The minimum atomic E-state index is -4.33. The molecule has 0 saturated carbocycles. The molecule has 15 heavy (non-hydrogen) atoms. The van der Waals surface area contributed by atoms with E-state index in [-0.39, 0.29) is 12.6 Å². The Kier molecular flexibility index (Phi) is 4.94. The Morgan fingerprint density at radius 1 is 1.47 bits per heavy atom. The van der Waals surface area contributed by atoms with Crippen LogP contribution in [0, 0.1) is 0 Å². The van der Waals surface area contributed by atoms with Gasteiger partial charge in [0.05, 0.1) is 19.8 Å². The third-order valence-electron chi connectivity index (χ3n) is 2.44. The second-order valence-corrected chi connectivity index (χ2v) is 4.51. The van der Waals surface area contributed by atoms with Crippen LogP contribution in [0.5, 0.6) is 0 Å². The SMILES string of the molecule is CCC(COS(=O)(=O)O)N1CCOCC1. The van der Waals surface area contributed by atoms with Gasteiger partial charge in [-0.1, -0.05) is 6.92 Å². The largest absolute Gasteiger partial charge is 0.397 e. The molecule has 0 radical (unpaired) electrons. The van der Waals surface area contributed by atoms with Gasteiger partial charge in [-0.05, 0) is 6.42 Å². The summed E-state index contributed by atoms with van der Waals surface area (Å²) in [6.45, 7) is 4.80. The first-order valence-corrected chi connectivity index (χ1v) is 6.33. The van der Waals surface area contributed by atoms with Crippen molar-refractivity contribution in [2.24, 2.45) is 0 Å². The average Bonchev–Trinajstić information content (AvgIpc) is 2.19. The van der Waals surface area contributed by atoms with Crippen LogP contribution in [0.1, 0.15) is 13.3 Å². The summed E-state index contributed by atoms with van der Waals surface area (Å²) in [6.07, 6.45) is 0.773. The lowest BCUT2D eigenvalue weighted by Gasteiger charge is -2.33. The molecule has 90 valence electrons. The molecule has 7 heteroatoms. The van der Waals surface area contributed by atoms with Gasteiger partial charge in [0, 0.05) is 19.1 Å². The Morgan fingerprint density at radius 3 is 2.53 bits per heavy atom. The zero-order chi connectivity index (χ0) is 11.3. The lowest BCUT2D eigenvalue weighted by molar-refractivity contribution is 0.00482. The molecule has 1 fully saturated rings. The maximum absolute atomic E-state index is 10.4. The molecule has 1 atom stereocenters. The van der Waals surface area contributed by atoms with Gasteiger partial charge in [0.2, 0.25) is 0 Å². The Bertz CT molecular complexity index is 273. The molecule has 6 nitrogen and oxygen atoms in total. The Balaban J connectivity index is 2.40. The van der Waals surface area contributed by atoms with E-state index in [9.17, 15) is 8.42 Å². The van der Waals surface area contributed by atoms with Gasteiger partial charge in [0.1, 0.15) is 0 Å². The van der Waals surface area contributed by atoms with Crippen molar-refractivity contribution in [2.45, 2.75) is 19.4 Å². The number of hydrogen-bond acceptors (Lipinski definition) is 5. The molecule has 0 amide bonds. The highest BCUT2D eigenvalue weighted by Gasteiger charge is 2.21. The van der Waals surface area contributed by atoms with Crippen LogP contribution < -0.4 is 0 Å². The molecular formula is C8H17NO5S. The van der Waals surface area contributed by atoms with Gasteiger partial charge in [-0.15, -0.1) is 0 Å². The number of nitrogens with zero attached hydrogens (tertiary/aromatic N) is 1. The summed E-state index contributed by atoms with van der Waals surface area (Å²) in [5, 5.41) is 0. The quantitative estimate of drug-likeness (QED) is 0.676. The van der Waals surface area contributed by atoms with Gasteiger partial charge < -0.3 is 4.74 Å². The number of morpholine rings is 1. The lowest BCUT2D eigenvalue weighted by atomic mass is 10.2. The van der Waals surface area contributed by atoms with Crippen LogP contribution in [0.3, 0.4) is 0 Å². The molecular weight excluding hydrogens is 222 g/mol. The van der Waals surface area contributed by atoms with E-state index in [0.29, 0.717) is 13.2 Å². The number of rotatable bonds is 5. The summed E-state index contributed by atoms with van der Waals surface area (Å²) < 4.78 is 38.9. The predicted octanol–water partition coefficient (Wildman–Crippen LogP) is -0.0834. The first kappa shape index (κ1) is 12.9. The van der Waals surface area contributed by atoms with Gasteiger partial charge in [0.15, 0.2) is 0 Å². The fraction of sp³-hybridized carbons (Fsp3) is 1.00. The van der Waals surface area contributed by atoms with E-state index in [4.69, 9.17) is 9.29 Å². The van der Waals surface area contributed by atoms with Crippen molar-refractivity contribution in [1.82, 2.24) is 4.90 Å².